The van der Waals surface area contributed by atoms with Gasteiger partial charge in [0, 0.05) is 13.2 Å². The van der Waals surface area contributed by atoms with Crippen LogP contribution in [0.25, 0.3) is 6.08 Å². The van der Waals surface area contributed by atoms with Gasteiger partial charge in [0.05, 0.1) is 9.52 Å². The topological polar surface area (TPSA) is 18.5 Å². The molecule has 0 aliphatic carbocycles. The van der Waals surface area contributed by atoms with E-state index in [0.29, 0.717) is 0 Å². The van der Waals surface area contributed by atoms with Gasteiger partial charge in [-0.25, -0.2) is 0 Å². The van der Waals surface area contributed by atoms with Crippen molar-refractivity contribution in [3.8, 4) is 0 Å². The first-order chi connectivity index (χ1) is 9.80. The summed E-state index contributed by atoms with van der Waals surface area (Å²) in [6, 6.07) is 9.99. The monoisotopic (exact) mass is 292 g/mol. The van der Waals surface area contributed by atoms with Gasteiger partial charge in [-0.05, 0) is 24.8 Å². The van der Waals surface area contributed by atoms with Gasteiger partial charge < -0.3 is 9.47 Å². The summed E-state index contributed by atoms with van der Waals surface area (Å²) >= 11 is 0. The number of benzene rings is 1. The molecule has 0 fully saturated rings. The first kappa shape index (κ1) is 17.1. The summed E-state index contributed by atoms with van der Waals surface area (Å²) < 4.78 is 11.5. The molecule has 0 unspecified atom stereocenters. The predicted molar refractivity (Wildman–Crippen MR) is 90.4 cm³/mol. The van der Waals surface area contributed by atoms with Gasteiger partial charge in [-0.2, -0.15) is 0 Å². The highest BCUT2D eigenvalue weighted by Crippen LogP contribution is 2.06. The molecule has 0 atom stereocenters. The Hall–Kier alpha value is -0.903. The van der Waals surface area contributed by atoms with Crippen molar-refractivity contribution < 1.29 is 9.47 Å². The number of hydrogen-bond donors (Lipinski definition) is 0. The fourth-order valence-corrected chi connectivity index (χ4v) is 3.52. The van der Waals surface area contributed by atoms with E-state index in [0.717, 1.165) is 32.5 Å². The van der Waals surface area contributed by atoms with Gasteiger partial charge in [-0.1, -0.05) is 62.0 Å². The second-order valence-electron chi connectivity index (χ2n) is 5.01. The minimum absolute atomic E-state index is 0.00477. The van der Waals surface area contributed by atoms with Gasteiger partial charge in [0.25, 0.3) is 0 Å². The quantitative estimate of drug-likeness (QED) is 0.461. The van der Waals surface area contributed by atoms with E-state index in [4.69, 9.17) is 9.47 Å². The average molecular weight is 292 g/mol. The average Bonchev–Trinajstić information content (AvgIpc) is 2.50. The van der Waals surface area contributed by atoms with E-state index in [2.05, 4.69) is 44.7 Å². The number of hydrogen-bond acceptors (Lipinski definition) is 2. The maximum Gasteiger partial charge on any atom is 0.157 e. The van der Waals surface area contributed by atoms with Crippen LogP contribution in [0.1, 0.15) is 38.7 Å². The molecule has 0 N–H and O–H groups in total. The van der Waals surface area contributed by atoms with Gasteiger partial charge in [0.15, 0.2) is 6.29 Å². The zero-order valence-electron chi connectivity index (χ0n) is 12.9. The second kappa shape index (κ2) is 10.8. The van der Waals surface area contributed by atoms with Crippen molar-refractivity contribution in [2.24, 2.45) is 0 Å². The highest BCUT2D eigenvalue weighted by Gasteiger charge is 2.08. The minimum atomic E-state index is -0.219. The molecule has 112 valence electrons. The van der Waals surface area contributed by atoms with E-state index in [1.807, 2.05) is 6.08 Å². The molecule has 0 aromatic heterocycles. The Morgan fingerprint density at radius 3 is 2.20 bits per heavy atom. The third kappa shape index (κ3) is 7.03. The lowest BCUT2D eigenvalue weighted by atomic mass is 10.2. The largest absolute Gasteiger partial charge is 0.353 e. The lowest BCUT2D eigenvalue weighted by molar-refractivity contribution is -0.143. The summed E-state index contributed by atoms with van der Waals surface area (Å²) in [5.41, 5.74) is 1.19. The maximum atomic E-state index is 5.75. The molecule has 0 bridgehead atoms. The van der Waals surface area contributed by atoms with Crippen molar-refractivity contribution in [1.82, 2.24) is 0 Å². The Morgan fingerprint density at radius 1 is 1.10 bits per heavy atom. The van der Waals surface area contributed by atoms with E-state index in [-0.39, 0.29) is 15.8 Å². The van der Waals surface area contributed by atoms with Crippen LogP contribution in [0.15, 0.2) is 30.8 Å². The molecular weight excluding hydrogens is 264 g/mol. The van der Waals surface area contributed by atoms with Crippen LogP contribution < -0.4 is 5.19 Å². The Morgan fingerprint density at radius 2 is 1.70 bits per heavy atom. The van der Waals surface area contributed by atoms with Crippen molar-refractivity contribution in [3.05, 3.63) is 36.4 Å². The van der Waals surface area contributed by atoms with Gasteiger partial charge >= 0.3 is 0 Å². The molecule has 20 heavy (non-hydrogen) atoms. The van der Waals surface area contributed by atoms with Gasteiger partial charge in [-0.3, -0.25) is 0 Å². The SMILES string of the molecule is C=Cc1ccc([SiH2]CCC(OCCC)OCCC)cc1. The maximum absolute atomic E-state index is 5.75. The molecule has 0 saturated heterocycles. The van der Waals surface area contributed by atoms with Crippen LogP contribution in [-0.2, 0) is 9.47 Å². The third-order valence-electron chi connectivity index (χ3n) is 3.14. The molecular formula is C17H28O2Si. The van der Waals surface area contributed by atoms with E-state index < -0.39 is 0 Å². The number of ether oxygens (including phenoxy) is 2. The van der Waals surface area contributed by atoms with E-state index in [9.17, 15) is 0 Å². The molecule has 0 amide bonds. The Labute approximate surface area is 126 Å². The first-order valence-electron chi connectivity index (χ1n) is 7.74. The van der Waals surface area contributed by atoms with Gasteiger partial charge in [0.1, 0.15) is 0 Å². The molecule has 0 heterocycles. The summed E-state index contributed by atoms with van der Waals surface area (Å²) in [6.07, 6.45) is 5.00. The lowest BCUT2D eigenvalue weighted by Crippen LogP contribution is -2.21. The lowest BCUT2D eigenvalue weighted by Gasteiger charge is -2.18. The van der Waals surface area contributed by atoms with Crippen molar-refractivity contribution >= 4 is 20.8 Å². The zero-order chi connectivity index (χ0) is 14.6. The third-order valence-corrected chi connectivity index (χ3v) is 4.95. The van der Waals surface area contributed by atoms with Crippen molar-refractivity contribution in [1.29, 1.82) is 0 Å². The summed E-state index contributed by atoms with van der Waals surface area (Å²) in [5.74, 6) is 0. The molecule has 1 aromatic rings. The Kier molecular flexibility index (Phi) is 9.29. The van der Waals surface area contributed by atoms with Crippen LogP contribution in [0.3, 0.4) is 0 Å². The normalized spacial score (nSPS) is 11.6. The Bertz CT molecular complexity index is 354. The number of rotatable bonds is 11. The summed E-state index contributed by atoms with van der Waals surface area (Å²) in [4.78, 5) is 0. The standard InChI is InChI=1S/C17H28O2Si/c1-4-12-18-17(19-13-5-2)11-14-20-16-9-7-15(6-3)8-10-16/h6-10,17H,3-5,11-14,20H2,1-2H3. The second-order valence-corrected chi connectivity index (χ2v) is 7.03. The van der Waals surface area contributed by atoms with Gasteiger partial charge in [-0.15, -0.1) is 0 Å². The molecule has 1 rings (SSSR count). The fourth-order valence-electron chi connectivity index (χ4n) is 2.01. The van der Waals surface area contributed by atoms with Crippen molar-refractivity contribution in [3.63, 3.8) is 0 Å². The molecule has 1 aromatic carbocycles. The summed E-state index contributed by atoms with van der Waals surface area (Å²) in [7, 11) is -0.219. The van der Waals surface area contributed by atoms with Crippen LogP contribution in [0, 0.1) is 0 Å². The summed E-state index contributed by atoms with van der Waals surface area (Å²) in [6.45, 7) is 9.64. The molecule has 0 radical (unpaired) electrons. The van der Waals surface area contributed by atoms with Crippen LogP contribution >= 0.6 is 0 Å². The van der Waals surface area contributed by atoms with E-state index >= 15 is 0 Å². The van der Waals surface area contributed by atoms with E-state index in [1.54, 1.807) is 0 Å². The van der Waals surface area contributed by atoms with E-state index in [1.165, 1.54) is 16.8 Å². The molecule has 0 aliphatic rings. The van der Waals surface area contributed by atoms with Crippen LogP contribution in [0.4, 0.5) is 0 Å². The molecule has 2 nitrogen and oxygen atoms in total. The molecule has 0 saturated carbocycles. The highest BCUT2D eigenvalue weighted by atomic mass is 28.2. The summed E-state index contributed by atoms with van der Waals surface area (Å²) in [5, 5.41) is 1.50. The highest BCUT2D eigenvalue weighted by molar-refractivity contribution is 6.53. The fraction of sp³-hybridized carbons (Fsp3) is 0.529. The molecule has 3 heteroatoms. The van der Waals surface area contributed by atoms with Crippen LogP contribution in [0.5, 0.6) is 0 Å². The Balaban J connectivity index is 2.31. The van der Waals surface area contributed by atoms with Crippen LogP contribution in [-0.4, -0.2) is 29.0 Å². The van der Waals surface area contributed by atoms with Crippen molar-refractivity contribution in [2.45, 2.75) is 45.4 Å². The molecule has 0 spiro atoms. The zero-order valence-corrected chi connectivity index (χ0v) is 14.4. The van der Waals surface area contributed by atoms with Gasteiger partial charge in [0.2, 0.25) is 0 Å². The van der Waals surface area contributed by atoms with Crippen molar-refractivity contribution in [2.75, 3.05) is 13.2 Å². The molecule has 0 aliphatic heterocycles. The predicted octanol–water partition coefficient (Wildman–Crippen LogP) is 3.11. The smallest absolute Gasteiger partial charge is 0.157 e. The minimum Gasteiger partial charge on any atom is -0.353 e. The first-order valence-corrected chi connectivity index (χ1v) is 9.45. The van der Waals surface area contributed by atoms with Crippen LogP contribution in [0.2, 0.25) is 6.04 Å².